The van der Waals surface area contributed by atoms with Crippen LogP contribution in [0.4, 0.5) is 0 Å². The van der Waals surface area contributed by atoms with Crippen molar-refractivity contribution in [3.8, 4) is 0 Å². The van der Waals surface area contributed by atoms with Crippen LogP contribution in [0.1, 0.15) is 20.2 Å². The van der Waals surface area contributed by atoms with Crippen molar-refractivity contribution in [2.24, 2.45) is 0 Å². The zero-order valence-electron chi connectivity index (χ0n) is 13.3. The van der Waals surface area contributed by atoms with Gasteiger partial charge in [-0.2, -0.15) is 0 Å². The van der Waals surface area contributed by atoms with Crippen LogP contribution >= 0.6 is 22.7 Å². The van der Waals surface area contributed by atoms with Gasteiger partial charge in [0.2, 0.25) is 0 Å². The summed E-state index contributed by atoms with van der Waals surface area (Å²) in [5.74, 6) is -0.0972. The van der Waals surface area contributed by atoms with Crippen LogP contribution in [-0.2, 0) is 13.1 Å². The maximum absolute atomic E-state index is 13.1. The van der Waals surface area contributed by atoms with Crippen molar-refractivity contribution in [3.63, 3.8) is 0 Å². The lowest BCUT2D eigenvalue weighted by Gasteiger charge is -2.21. The van der Waals surface area contributed by atoms with E-state index in [-0.39, 0.29) is 5.91 Å². The lowest BCUT2D eigenvalue weighted by Crippen LogP contribution is -2.30. The minimum Gasteiger partial charge on any atom is -0.327 e. The third kappa shape index (κ3) is 3.60. The van der Waals surface area contributed by atoms with Crippen LogP contribution in [0.3, 0.4) is 0 Å². The molecular weight excluding hydrogens is 350 g/mol. The molecule has 0 aliphatic rings. The van der Waals surface area contributed by atoms with E-state index in [9.17, 15) is 4.79 Å². The standard InChI is InChI=1S/C19H15N3OS2/c23-19(18-11-20-16-7-1-2-8-17(16)21-18)22(12-14-5-3-9-24-14)13-15-6-4-10-25-15/h1-11H,12-13H2. The maximum atomic E-state index is 13.1. The zero-order valence-corrected chi connectivity index (χ0v) is 15.0. The first-order valence-electron chi connectivity index (χ1n) is 7.85. The lowest BCUT2D eigenvalue weighted by molar-refractivity contribution is 0.0727. The summed E-state index contributed by atoms with van der Waals surface area (Å²) in [5, 5.41) is 4.05. The van der Waals surface area contributed by atoms with Crippen molar-refractivity contribution in [1.82, 2.24) is 14.9 Å². The molecule has 0 atom stereocenters. The van der Waals surface area contributed by atoms with Gasteiger partial charge in [-0.3, -0.25) is 9.78 Å². The van der Waals surface area contributed by atoms with E-state index in [1.54, 1.807) is 28.9 Å². The monoisotopic (exact) mass is 365 g/mol. The van der Waals surface area contributed by atoms with Crippen LogP contribution < -0.4 is 0 Å². The van der Waals surface area contributed by atoms with Crippen LogP contribution in [0.2, 0.25) is 0 Å². The minimum atomic E-state index is -0.0972. The van der Waals surface area contributed by atoms with Crippen molar-refractivity contribution >= 4 is 39.6 Å². The third-order valence-electron chi connectivity index (χ3n) is 3.81. The van der Waals surface area contributed by atoms with Gasteiger partial charge in [0.25, 0.3) is 5.91 Å². The van der Waals surface area contributed by atoms with Crippen LogP contribution in [0.25, 0.3) is 11.0 Å². The smallest absolute Gasteiger partial charge is 0.274 e. The second-order valence-electron chi connectivity index (χ2n) is 5.56. The number of carbonyl (C=O) groups excluding carboxylic acids is 1. The summed E-state index contributed by atoms with van der Waals surface area (Å²) in [6.07, 6.45) is 1.57. The highest BCUT2D eigenvalue weighted by molar-refractivity contribution is 7.10. The van der Waals surface area contributed by atoms with Crippen molar-refractivity contribution in [3.05, 3.63) is 80.9 Å². The molecule has 0 bridgehead atoms. The summed E-state index contributed by atoms with van der Waals surface area (Å²) < 4.78 is 0. The van der Waals surface area contributed by atoms with Gasteiger partial charge in [0, 0.05) is 9.75 Å². The zero-order chi connectivity index (χ0) is 17.1. The molecule has 4 aromatic rings. The first kappa shape index (κ1) is 15.9. The van der Waals surface area contributed by atoms with Crippen LogP contribution in [0.5, 0.6) is 0 Å². The molecule has 124 valence electrons. The molecule has 3 heterocycles. The Kier molecular flexibility index (Phi) is 4.54. The maximum Gasteiger partial charge on any atom is 0.274 e. The fourth-order valence-corrected chi connectivity index (χ4v) is 4.04. The topological polar surface area (TPSA) is 46.1 Å². The van der Waals surface area contributed by atoms with Gasteiger partial charge in [-0.05, 0) is 35.0 Å². The number of fused-ring (bicyclic) bond motifs is 1. The molecular formula is C19H15N3OS2. The average Bonchev–Trinajstić information content (AvgIpc) is 3.34. The van der Waals surface area contributed by atoms with E-state index < -0.39 is 0 Å². The highest BCUT2D eigenvalue weighted by Gasteiger charge is 2.19. The highest BCUT2D eigenvalue weighted by Crippen LogP contribution is 2.19. The van der Waals surface area contributed by atoms with Crippen LogP contribution in [-0.4, -0.2) is 20.8 Å². The summed E-state index contributed by atoms with van der Waals surface area (Å²) in [5.41, 5.74) is 1.91. The number of para-hydroxylation sites is 2. The average molecular weight is 365 g/mol. The molecule has 0 aliphatic heterocycles. The van der Waals surface area contributed by atoms with E-state index in [4.69, 9.17) is 0 Å². The summed E-state index contributed by atoms with van der Waals surface area (Å²) in [6.45, 7) is 1.14. The predicted octanol–water partition coefficient (Wildman–Crippen LogP) is 4.60. The van der Waals surface area contributed by atoms with E-state index in [1.165, 1.54) is 0 Å². The summed E-state index contributed by atoms with van der Waals surface area (Å²) in [4.78, 5) is 26.1. The molecule has 1 amide bonds. The Morgan fingerprint density at radius 2 is 1.52 bits per heavy atom. The van der Waals surface area contributed by atoms with E-state index >= 15 is 0 Å². The van der Waals surface area contributed by atoms with Crippen molar-refractivity contribution in [2.75, 3.05) is 0 Å². The number of carbonyl (C=O) groups is 1. The van der Waals surface area contributed by atoms with Crippen LogP contribution in [0, 0.1) is 0 Å². The first-order valence-corrected chi connectivity index (χ1v) is 9.61. The molecule has 0 unspecified atom stereocenters. The summed E-state index contributed by atoms with van der Waals surface area (Å²) in [7, 11) is 0. The van der Waals surface area contributed by atoms with E-state index in [1.807, 2.05) is 64.2 Å². The largest absolute Gasteiger partial charge is 0.327 e. The van der Waals surface area contributed by atoms with Gasteiger partial charge >= 0.3 is 0 Å². The second kappa shape index (κ2) is 7.13. The van der Waals surface area contributed by atoms with Gasteiger partial charge in [0.1, 0.15) is 5.69 Å². The summed E-state index contributed by atoms with van der Waals surface area (Å²) >= 11 is 3.31. The molecule has 0 saturated heterocycles. The molecule has 0 saturated carbocycles. The van der Waals surface area contributed by atoms with Gasteiger partial charge in [0.05, 0.1) is 30.3 Å². The molecule has 0 fully saturated rings. The second-order valence-corrected chi connectivity index (χ2v) is 7.63. The molecule has 25 heavy (non-hydrogen) atoms. The SMILES string of the molecule is O=C(c1cnc2ccccc2n1)N(Cc1cccs1)Cc1cccs1. The molecule has 0 spiro atoms. The number of hydrogen-bond acceptors (Lipinski definition) is 5. The lowest BCUT2D eigenvalue weighted by atomic mass is 10.2. The van der Waals surface area contributed by atoms with Crippen molar-refractivity contribution in [2.45, 2.75) is 13.1 Å². The number of aromatic nitrogens is 2. The van der Waals surface area contributed by atoms with E-state index in [0.717, 1.165) is 20.8 Å². The highest BCUT2D eigenvalue weighted by atomic mass is 32.1. The van der Waals surface area contributed by atoms with Gasteiger partial charge < -0.3 is 4.90 Å². The minimum absolute atomic E-state index is 0.0972. The molecule has 4 nitrogen and oxygen atoms in total. The van der Waals surface area contributed by atoms with Gasteiger partial charge in [-0.15, -0.1) is 22.7 Å². The number of hydrogen-bond donors (Lipinski definition) is 0. The number of nitrogens with zero attached hydrogens (tertiary/aromatic N) is 3. The normalized spacial score (nSPS) is 10.9. The number of amides is 1. The predicted molar refractivity (Wildman–Crippen MR) is 102 cm³/mol. The third-order valence-corrected chi connectivity index (χ3v) is 5.53. The Labute approximate surface area is 153 Å². The molecule has 1 aromatic carbocycles. The molecule has 0 radical (unpaired) electrons. The Bertz CT molecular complexity index is 945. The molecule has 6 heteroatoms. The molecule has 0 N–H and O–H groups in total. The first-order chi connectivity index (χ1) is 12.3. The number of benzene rings is 1. The number of thiophene rings is 2. The van der Waals surface area contributed by atoms with Crippen molar-refractivity contribution < 1.29 is 4.79 Å². The fourth-order valence-electron chi connectivity index (χ4n) is 2.60. The van der Waals surface area contributed by atoms with Gasteiger partial charge in [-0.1, -0.05) is 24.3 Å². The molecule has 0 aliphatic carbocycles. The summed E-state index contributed by atoms with van der Waals surface area (Å²) in [6, 6.07) is 15.7. The fraction of sp³-hybridized carbons (Fsp3) is 0.105. The Balaban J connectivity index is 1.65. The van der Waals surface area contributed by atoms with Gasteiger partial charge in [-0.25, -0.2) is 4.98 Å². The Hall–Kier alpha value is -2.57. The quantitative estimate of drug-likeness (QED) is 0.519. The van der Waals surface area contributed by atoms with Gasteiger partial charge in [0.15, 0.2) is 0 Å². The van der Waals surface area contributed by atoms with Crippen molar-refractivity contribution in [1.29, 1.82) is 0 Å². The molecule has 3 aromatic heterocycles. The van der Waals surface area contributed by atoms with E-state index in [2.05, 4.69) is 9.97 Å². The Morgan fingerprint density at radius 1 is 0.880 bits per heavy atom. The molecule has 4 rings (SSSR count). The van der Waals surface area contributed by atoms with E-state index in [0.29, 0.717) is 18.8 Å². The van der Waals surface area contributed by atoms with Crippen LogP contribution in [0.15, 0.2) is 65.5 Å². The Morgan fingerprint density at radius 3 is 2.12 bits per heavy atom. The number of rotatable bonds is 5.